The Morgan fingerprint density at radius 1 is 1.19 bits per heavy atom. The fourth-order valence-electron chi connectivity index (χ4n) is 1.41. The molecule has 11 heteroatoms. The molecule has 0 aliphatic carbocycles. The molecular formula is C10H15BrFN3O4S2. The van der Waals surface area contributed by atoms with Gasteiger partial charge >= 0.3 is 0 Å². The quantitative estimate of drug-likeness (QED) is 0.449. The van der Waals surface area contributed by atoms with Gasteiger partial charge in [-0.1, -0.05) is 0 Å². The minimum atomic E-state index is -4.06. The maximum atomic E-state index is 13.8. The van der Waals surface area contributed by atoms with E-state index in [0.29, 0.717) is 0 Å². The van der Waals surface area contributed by atoms with Gasteiger partial charge in [0.1, 0.15) is 4.90 Å². The number of hydrogen-bond donors (Lipinski definition) is 3. The largest absolute Gasteiger partial charge is 0.399 e. The van der Waals surface area contributed by atoms with Crippen LogP contribution < -0.4 is 15.2 Å². The molecular weight excluding hydrogens is 389 g/mol. The lowest BCUT2D eigenvalue weighted by Crippen LogP contribution is -2.30. The number of rotatable bonds is 7. The van der Waals surface area contributed by atoms with E-state index in [1.807, 2.05) is 0 Å². The number of sulfonamides is 2. The van der Waals surface area contributed by atoms with Crippen LogP contribution in [0.5, 0.6) is 0 Å². The summed E-state index contributed by atoms with van der Waals surface area (Å²) < 4.78 is 63.7. The van der Waals surface area contributed by atoms with Crippen LogP contribution in [0.3, 0.4) is 0 Å². The van der Waals surface area contributed by atoms with Crippen molar-refractivity contribution in [3.63, 3.8) is 0 Å². The zero-order valence-electron chi connectivity index (χ0n) is 11.1. The molecule has 0 amide bonds. The molecule has 7 nitrogen and oxygen atoms in total. The first-order valence-electron chi connectivity index (χ1n) is 5.72. The first-order valence-corrected chi connectivity index (χ1v) is 9.88. The number of nitrogen functional groups attached to an aromatic ring is 1. The molecule has 4 N–H and O–H groups in total. The Kier molecular flexibility index (Phi) is 6.11. The van der Waals surface area contributed by atoms with E-state index in [4.69, 9.17) is 5.73 Å². The smallest absolute Gasteiger partial charge is 0.243 e. The average Bonchev–Trinajstić information content (AvgIpc) is 2.31. The summed E-state index contributed by atoms with van der Waals surface area (Å²) >= 11 is 2.88. The Bertz CT molecular complexity index is 722. The van der Waals surface area contributed by atoms with Crippen LogP contribution in [-0.2, 0) is 20.0 Å². The average molecular weight is 404 g/mol. The van der Waals surface area contributed by atoms with Gasteiger partial charge in [-0.25, -0.2) is 30.7 Å². The van der Waals surface area contributed by atoms with Gasteiger partial charge in [0.2, 0.25) is 20.0 Å². The topological polar surface area (TPSA) is 118 Å². The van der Waals surface area contributed by atoms with Gasteiger partial charge < -0.3 is 5.73 Å². The molecule has 0 saturated heterocycles. The molecule has 0 bridgehead atoms. The number of nitrogens with one attached hydrogen (secondary N) is 2. The Labute approximate surface area is 131 Å². The maximum Gasteiger partial charge on any atom is 0.243 e. The Morgan fingerprint density at radius 2 is 1.76 bits per heavy atom. The molecule has 1 aromatic rings. The number of halogens is 2. The van der Waals surface area contributed by atoms with Gasteiger partial charge in [-0.05, 0) is 34.5 Å². The normalized spacial score (nSPS) is 12.5. The minimum absolute atomic E-state index is 0.0449. The lowest BCUT2D eigenvalue weighted by Gasteiger charge is -2.09. The number of nitrogens with two attached hydrogens (primary N) is 1. The highest BCUT2D eigenvalue weighted by Gasteiger charge is 2.21. The van der Waals surface area contributed by atoms with E-state index < -0.39 is 30.8 Å². The molecule has 0 heterocycles. The van der Waals surface area contributed by atoms with Crippen LogP contribution in [0.4, 0.5) is 10.1 Å². The molecule has 0 aliphatic heterocycles. The predicted octanol–water partition coefficient (Wildman–Crippen LogP) is 0.388. The third-order valence-corrected chi connectivity index (χ3v) is 5.08. The highest BCUT2D eigenvalue weighted by atomic mass is 79.9. The molecule has 0 saturated carbocycles. The van der Waals surface area contributed by atoms with E-state index in [9.17, 15) is 21.2 Å². The van der Waals surface area contributed by atoms with Crippen molar-refractivity contribution in [3.05, 3.63) is 22.4 Å². The molecule has 0 spiro atoms. The summed E-state index contributed by atoms with van der Waals surface area (Å²) in [5.41, 5.74) is 5.58. The van der Waals surface area contributed by atoms with Gasteiger partial charge in [-0.15, -0.1) is 0 Å². The Balaban J connectivity index is 2.71. The third-order valence-electron chi connectivity index (χ3n) is 2.32. The lowest BCUT2D eigenvalue weighted by atomic mass is 10.3. The summed E-state index contributed by atoms with van der Waals surface area (Å²) in [5.74, 6) is -0.939. The standard InChI is InChI=1S/C10H15BrFN3O4S2/c1-20(16,17)14-3-2-4-15-21(18,19)9-6-7(13)5-8(11)10(9)12/h5-6,14-15H,2-4,13H2,1H3. The summed E-state index contributed by atoms with van der Waals surface area (Å²) in [6.45, 7) is 0.0289. The number of benzene rings is 1. The van der Waals surface area contributed by atoms with E-state index in [2.05, 4.69) is 25.4 Å². The fourth-order valence-corrected chi connectivity index (χ4v) is 3.74. The SMILES string of the molecule is CS(=O)(=O)NCCCNS(=O)(=O)c1cc(N)cc(Br)c1F. The second-order valence-corrected chi connectivity index (χ2v) is 8.66. The third kappa shape index (κ3) is 5.87. The monoisotopic (exact) mass is 403 g/mol. The molecule has 1 aromatic carbocycles. The van der Waals surface area contributed by atoms with Crippen molar-refractivity contribution in [2.45, 2.75) is 11.3 Å². The van der Waals surface area contributed by atoms with Crippen LogP contribution in [0.1, 0.15) is 6.42 Å². The minimum Gasteiger partial charge on any atom is -0.399 e. The van der Waals surface area contributed by atoms with E-state index in [-0.39, 0.29) is 29.7 Å². The van der Waals surface area contributed by atoms with Gasteiger partial charge in [0.25, 0.3) is 0 Å². The first-order chi connectivity index (χ1) is 9.53. The maximum absolute atomic E-state index is 13.8. The van der Waals surface area contributed by atoms with Crippen LogP contribution >= 0.6 is 15.9 Å². The summed E-state index contributed by atoms with van der Waals surface area (Å²) in [6.07, 6.45) is 1.22. The van der Waals surface area contributed by atoms with Crippen molar-refractivity contribution in [1.82, 2.24) is 9.44 Å². The zero-order chi connectivity index (χ0) is 16.3. The number of anilines is 1. The van der Waals surface area contributed by atoms with E-state index >= 15 is 0 Å². The summed E-state index contributed by atoms with van der Waals surface area (Å²) in [6, 6.07) is 2.27. The Morgan fingerprint density at radius 3 is 2.33 bits per heavy atom. The molecule has 0 unspecified atom stereocenters. The molecule has 21 heavy (non-hydrogen) atoms. The van der Waals surface area contributed by atoms with Crippen LogP contribution in [0.25, 0.3) is 0 Å². The molecule has 0 fully saturated rings. The highest BCUT2D eigenvalue weighted by Crippen LogP contribution is 2.25. The predicted molar refractivity (Wildman–Crippen MR) is 81.2 cm³/mol. The Hall–Kier alpha value is -0.750. The second kappa shape index (κ2) is 7.01. The van der Waals surface area contributed by atoms with Gasteiger partial charge in [0.15, 0.2) is 5.82 Å². The van der Waals surface area contributed by atoms with Crippen LogP contribution in [-0.4, -0.2) is 36.2 Å². The lowest BCUT2D eigenvalue weighted by molar-refractivity contribution is 0.552. The van der Waals surface area contributed by atoms with Crippen molar-refractivity contribution in [2.24, 2.45) is 0 Å². The van der Waals surface area contributed by atoms with Gasteiger partial charge in [0, 0.05) is 18.8 Å². The van der Waals surface area contributed by atoms with Gasteiger partial charge in [-0.3, -0.25) is 0 Å². The summed E-state index contributed by atoms with van der Waals surface area (Å²) in [4.78, 5) is -0.564. The first kappa shape index (κ1) is 18.3. The van der Waals surface area contributed by atoms with E-state index in [1.54, 1.807) is 0 Å². The van der Waals surface area contributed by atoms with Crippen molar-refractivity contribution < 1.29 is 21.2 Å². The molecule has 0 aliphatic rings. The van der Waals surface area contributed by atoms with Crippen LogP contribution in [0.2, 0.25) is 0 Å². The summed E-state index contributed by atoms with van der Waals surface area (Å²) in [7, 11) is -7.38. The van der Waals surface area contributed by atoms with Crippen molar-refractivity contribution in [1.29, 1.82) is 0 Å². The van der Waals surface area contributed by atoms with Gasteiger partial charge in [-0.2, -0.15) is 0 Å². The zero-order valence-corrected chi connectivity index (χ0v) is 14.3. The van der Waals surface area contributed by atoms with Crippen molar-refractivity contribution >= 4 is 41.7 Å². The molecule has 120 valence electrons. The highest BCUT2D eigenvalue weighted by molar-refractivity contribution is 9.10. The van der Waals surface area contributed by atoms with Crippen LogP contribution in [0, 0.1) is 5.82 Å². The van der Waals surface area contributed by atoms with Gasteiger partial charge in [0.05, 0.1) is 10.7 Å². The molecule has 1 rings (SSSR count). The second-order valence-electron chi connectivity index (χ2n) is 4.23. The van der Waals surface area contributed by atoms with Crippen LogP contribution in [0.15, 0.2) is 21.5 Å². The molecule has 0 atom stereocenters. The molecule has 0 aromatic heterocycles. The number of hydrogen-bond acceptors (Lipinski definition) is 5. The fraction of sp³-hybridized carbons (Fsp3) is 0.400. The molecule has 0 radical (unpaired) electrons. The van der Waals surface area contributed by atoms with E-state index in [0.717, 1.165) is 12.3 Å². The van der Waals surface area contributed by atoms with Crippen molar-refractivity contribution in [2.75, 3.05) is 25.1 Å². The van der Waals surface area contributed by atoms with E-state index in [1.165, 1.54) is 6.07 Å². The summed E-state index contributed by atoms with van der Waals surface area (Å²) in [5, 5.41) is 0. The van der Waals surface area contributed by atoms with Crippen molar-refractivity contribution in [3.8, 4) is 0 Å².